The molecule has 20 heavy (non-hydrogen) atoms. The first-order chi connectivity index (χ1) is 9.52. The monoisotopic (exact) mass is 284 g/mol. The zero-order valence-corrected chi connectivity index (χ0v) is 13.7. The van der Waals surface area contributed by atoms with Gasteiger partial charge in [0.25, 0.3) is 0 Å². The minimum absolute atomic E-state index is 0.314. The molecule has 4 nitrogen and oxygen atoms in total. The highest BCUT2D eigenvalue weighted by molar-refractivity contribution is 4.97. The zero-order valence-electron chi connectivity index (χ0n) is 13.7. The van der Waals surface area contributed by atoms with E-state index < -0.39 is 0 Å². The normalized spacial score (nSPS) is 28.8. The van der Waals surface area contributed by atoms with Crippen LogP contribution in [0.4, 0.5) is 0 Å². The molecule has 1 saturated heterocycles. The number of hydrogen-bond acceptors (Lipinski definition) is 4. The highest BCUT2D eigenvalue weighted by atomic mass is 16.5. The molecule has 1 aliphatic carbocycles. The van der Waals surface area contributed by atoms with Crippen molar-refractivity contribution in [1.82, 2.24) is 10.2 Å². The summed E-state index contributed by atoms with van der Waals surface area (Å²) in [6.45, 7) is 12.6. The number of nitrogens with zero attached hydrogens (tertiary/aromatic N) is 1. The van der Waals surface area contributed by atoms with Crippen molar-refractivity contribution in [2.24, 2.45) is 11.3 Å². The van der Waals surface area contributed by atoms with Gasteiger partial charge in [0.1, 0.15) is 0 Å². The van der Waals surface area contributed by atoms with Crippen LogP contribution in [-0.2, 0) is 9.47 Å². The van der Waals surface area contributed by atoms with Gasteiger partial charge in [0, 0.05) is 38.8 Å². The van der Waals surface area contributed by atoms with Crippen molar-refractivity contribution in [1.29, 1.82) is 0 Å². The van der Waals surface area contributed by atoms with E-state index in [0.29, 0.717) is 30.7 Å². The highest BCUT2D eigenvalue weighted by Gasteiger charge is 2.40. The second kappa shape index (κ2) is 7.21. The third-order valence-electron chi connectivity index (χ3n) is 4.59. The summed E-state index contributed by atoms with van der Waals surface area (Å²) in [6.07, 6.45) is 2.83. The molecule has 2 aliphatic rings. The van der Waals surface area contributed by atoms with E-state index >= 15 is 0 Å². The van der Waals surface area contributed by atoms with E-state index in [-0.39, 0.29) is 0 Å². The molecule has 0 aromatic heterocycles. The molecule has 0 aromatic carbocycles. The van der Waals surface area contributed by atoms with Gasteiger partial charge in [0.15, 0.2) is 0 Å². The largest absolute Gasteiger partial charge is 0.382 e. The van der Waals surface area contributed by atoms with Crippen molar-refractivity contribution in [3.8, 4) is 0 Å². The summed E-state index contributed by atoms with van der Waals surface area (Å²) < 4.78 is 10.7. The molecule has 0 bridgehead atoms. The summed E-state index contributed by atoms with van der Waals surface area (Å²) in [4.78, 5) is 2.65. The van der Waals surface area contributed by atoms with E-state index in [2.05, 4.69) is 31.0 Å². The fraction of sp³-hybridized carbons (Fsp3) is 1.00. The first kappa shape index (κ1) is 16.2. The second-order valence-electron chi connectivity index (χ2n) is 7.33. The number of ether oxygens (including phenoxy) is 2. The van der Waals surface area contributed by atoms with Crippen LogP contribution in [0.15, 0.2) is 0 Å². The Morgan fingerprint density at radius 2 is 1.90 bits per heavy atom. The third kappa shape index (κ3) is 4.69. The van der Waals surface area contributed by atoms with Crippen molar-refractivity contribution >= 4 is 0 Å². The van der Waals surface area contributed by atoms with Crippen LogP contribution in [0.25, 0.3) is 0 Å². The highest BCUT2D eigenvalue weighted by Crippen LogP contribution is 2.36. The molecular weight excluding hydrogens is 252 g/mol. The lowest BCUT2D eigenvalue weighted by Crippen LogP contribution is -2.61. The van der Waals surface area contributed by atoms with Gasteiger partial charge in [-0.25, -0.2) is 0 Å². The molecule has 2 rings (SSSR count). The van der Waals surface area contributed by atoms with Crippen LogP contribution in [0.5, 0.6) is 0 Å². The predicted molar refractivity (Wildman–Crippen MR) is 82.0 cm³/mol. The van der Waals surface area contributed by atoms with Gasteiger partial charge in [0.2, 0.25) is 0 Å². The first-order valence-electron chi connectivity index (χ1n) is 8.06. The maximum atomic E-state index is 5.66. The Kier molecular flexibility index (Phi) is 5.84. The molecule has 1 N–H and O–H groups in total. The van der Waals surface area contributed by atoms with Gasteiger partial charge >= 0.3 is 0 Å². The molecule has 0 amide bonds. The smallest absolute Gasteiger partial charge is 0.0700 e. The Bertz CT molecular complexity index is 287. The van der Waals surface area contributed by atoms with E-state index in [4.69, 9.17) is 9.47 Å². The van der Waals surface area contributed by atoms with Gasteiger partial charge in [0.05, 0.1) is 19.8 Å². The number of piperazine rings is 1. The molecule has 2 fully saturated rings. The van der Waals surface area contributed by atoms with Crippen LogP contribution in [0.2, 0.25) is 0 Å². The van der Waals surface area contributed by atoms with Crippen molar-refractivity contribution in [3.05, 3.63) is 0 Å². The summed E-state index contributed by atoms with van der Waals surface area (Å²) in [5, 5.41) is 3.78. The van der Waals surface area contributed by atoms with Crippen molar-refractivity contribution in [3.63, 3.8) is 0 Å². The van der Waals surface area contributed by atoms with Crippen LogP contribution >= 0.6 is 0 Å². The van der Waals surface area contributed by atoms with Crippen molar-refractivity contribution in [2.75, 3.05) is 46.6 Å². The summed E-state index contributed by atoms with van der Waals surface area (Å²) in [5.41, 5.74) is 0.314. The van der Waals surface area contributed by atoms with Crippen LogP contribution in [0, 0.1) is 11.3 Å². The minimum Gasteiger partial charge on any atom is -0.382 e. The lowest BCUT2D eigenvalue weighted by atomic mass is 9.83. The molecule has 1 aliphatic heterocycles. The average Bonchev–Trinajstić information content (AvgIpc) is 3.21. The molecule has 4 heteroatoms. The second-order valence-corrected chi connectivity index (χ2v) is 7.33. The number of nitrogens with one attached hydrogen (secondary N) is 1. The first-order valence-corrected chi connectivity index (χ1v) is 8.06. The van der Waals surface area contributed by atoms with E-state index in [0.717, 1.165) is 25.6 Å². The topological polar surface area (TPSA) is 33.7 Å². The van der Waals surface area contributed by atoms with Gasteiger partial charge in [-0.2, -0.15) is 0 Å². The number of rotatable bonds is 7. The summed E-state index contributed by atoms with van der Waals surface area (Å²) in [5.74, 6) is 0.924. The Labute approximate surface area is 124 Å². The Morgan fingerprint density at radius 1 is 1.15 bits per heavy atom. The zero-order chi connectivity index (χ0) is 14.6. The van der Waals surface area contributed by atoms with Gasteiger partial charge in [-0.3, -0.25) is 4.90 Å². The van der Waals surface area contributed by atoms with Gasteiger partial charge in [-0.15, -0.1) is 0 Å². The van der Waals surface area contributed by atoms with Crippen molar-refractivity contribution < 1.29 is 9.47 Å². The number of hydrogen-bond donors (Lipinski definition) is 1. The SMILES string of the molecule is COCCOCCN1CC(C2CC2)NCC1C(C)(C)C. The Morgan fingerprint density at radius 3 is 2.50 bits per heavy atom. The molecule has 1 heterocycles. The fourth-order valence-electron chi connectivity index (χ4n) is 3.18. The molecule has 0 radical (unpaired) electrons. The van der Waals surface area contributed by atoms with Crippen molar-refractivity contribution in [2.45, 2.75) is 45.7 Å². The van der Waals surface area contributed by atoms with E-state index in [1.165, 1.54) is 19.4 Å². The van der Waals surface area contributed by atoms with Gasteiger partial charge in [-0.1, -0.05) is 20.8 Å². The Hall–Kier alpha value is -0.160. The maximum Gasteiger partial charge on any atom is 0.0700 e. The van der Waals surface area contributed by atoms with Crippen LogP contribution in [0.1, 0.15) is 33.6 Å². The molecular formula is C16H32N2O2. The third-order valence-corrected chi connectivity index (χ3v) is 4.59. The van der Waals surface area contributed by atoms with Crippen LogP contribution < -0.4 is 5.32 Å². The summed E-state index contributed by atoms with van der Waals surface area (Å²) >= 11 is 0. The summed E-state index contributed by atoms with van der Waals surface area (Å²) in [7, 11) is 1.72. The van der Waals surface area contributed by atoms with Crippen LogP contribution in [-0.4, -0.2) is 63.5 Å². The van der Waals surface area contributed by atoms with Crippen LogP contribution in [0.3, 0.4) is 0 Å². The lowest BCUT2D eigenvalue weighted by Gasteiger charge is -2.46. The molecule has 2 atom stereocenters. The molecule has 2 unspecified atom stereocenters. The lowest BCUT2D eigenvalue weighted by molar-refractivity contribution is 0.0114. The van der Waals surface area contributed by atoms with E-state index in [9.17, 15) is 0 Å². The quantitative estimate of drug-likeness (QED) is 0.722. The standard InChI is InChI=1S/C16H32N2O2/c1-16(2,3)15-11-17-14(13-5-6-13)12-18(15)7-8-20-10-9-19-4/h13-15,17H,5-12H2,1-4H3. The fourth-order valence-corrected chi connectivity index (χ4v) is 3.18. The minimum atomic E-state index is 0.314. The average molecular weight is 284 g/mol. The number of methoxy groups -OCH3 is 1. The van der Waals surface area contributed by atoms with E-state index in [1.54, 1.807) is 7.11 Å². The van der Waals surface area contributed by atoms with E-state index in [1.807, 2.05) is 0 Å². The predicted octanol–water partition coefficient (Wildman–Crippen LogP) is 1.75. The molecule has 0 aromatic rings. The molecule has 1 saturated carbocycles. The van der Waals surface area contributed by atoms with Gasteiger partial charge < -0.3 is 14.8 Å². The molecule has 0 spiro atoms. The Balaban J connectivity index is 1.81. The summed E-state index contributed by atoms with van der Waals surface area (Å²) in [6, 6.07) is 1.30. The molecule has 118 valence electrons. The van der Waals surface area contributed by atoms with Gasteiger partial charge in [-0.05, 0) is 24.2 Å². The maximum absolute atomic E-state index is 5.66.